The number of rotatable bonds is 5. The molecule has 0 amide bonds. The summed E-state index contributed by atoms with van der Waals surface area (Å²) in [6.07, 6.45) is 0. The summed E-state index contributed by atoms with van der Waals surface area (Å²) in [6, 6.07) is 14.2. The highest BCUT2D eigenvalue weighted by Crippen LogP contribution is 2.26. The zero-order chi connectivity index (χ0) is 16.8. The predicted molar refractivity (Wildman–Crippen MR) is 97.2 cm³/mol. The van der Waals surface area contributed by atoms with Gasteiger partial charge in [-0.05, 0) is 29.8 Å². The first-order valence-corrected chi connectivity index (χ1v) is 7.79. The number of nitro benzene ring substituents is 1. The van der Waals surface area contributed by atoms with Crippen LogP contribution in [0, 0.1) is 10.1 Å². The fraction of sp³-hybridized carbons (Fsp3) is 0.188. The number of anilines is 1. The Kier molecular flexibility index (Phi) is 5.90. The van der Waals surface area contributed by atoms with E-state index in [0.717, 1.165) is 0 Å². The Hall–Kier alpha value is -2.18. The molecule has 0 fully saturated rings. The van der Waals surface area contributed by atoms with Crippen LogP contribution >= 0.6 is 23.8 Å². The van der Waals surface area contributed by atoms with E-state index in [0.29, 0.717) is 22.4 Å². The molecule has 2 N–H and O–H groups in total. The molecule has 0 aliphatic rings. The predicted octanol–water partition coefficient (Wildman–Crippen LogP) is 4.34. The summed E-state index contributed by atoms with van der Waals surface area (Å²) in [5.74, 6) is 0.275. The molecular formula is C16H16ClN3O2S. The molecule has 120 valence electrons. The Morgan fingerprint density at radius 1 is 1.30 bits per heavy atom. The van der Waals surface area contributed by atoms with Crippen molar-refractivity contribution in [3.63, 3.8) is 0 Å². The summed E-state index contributed by atoms with van der Waals surface area (Å²) in [4.78, 5) is 10.3. The summed E-state index contributed by atoms with van der Waals surface area (Å²) in [7, 11) is 0. The lowest BCUT2D eigenvalue weighted by Crippen LogP contribution is -2.31. The maximum absolute atomic E-state index is 10.8. The van der Waals surface area contributed by atoms with Gasteiger partial charge >= 0.3 is 0 Å². The van der Waals surface area contributed by atoms with Crippen molar-refractivity contribution >= 4 is 40.3 Å². The van der Waals surface area contributed by atoms with Crippen LogP contribution < -0.4 is 10.6 Å². The molecule has 0 spiro atoms. The van der Waals surface area contributed by atoms with Gasteiger partial charge in [-0.1, -0.05) is 48.9 Å². The summed E-state index contributed by atoms with van der Waals surface area (Å²) in [5.41, 5.74) is 1.57. The highest BCUT2D eigenvalue weighted by atomic mass is 35.5. The monoisotopic (exact) mass is 349 g/mol. The van der Waals surface area contributed by atoms with Crippen molar-refractivity contribution in [2.24, 2.45) is 0 Å². The summed E-state index contributed by atoms with van der Waals surface area (Å²) < 4.78 is 0. The molecule has 23 heavy (non-hydrogen) atoms. The van der Waals surface area contributed by atoms with Gasteiger partial charge in [-0.3, -0.25) is 10.1 Å². The Morgan fingerprint density at radius 2 is 2.00 bits per heavy atom. The lowest BCUT2D eigenvalue weighted by Gasteiger charge is -2.16. The van der Waals surface area contributed by atoms with Crippen LogP contribution in [0.2, 0.25) is 5.02 Å². The van der Waals surface area contributed by atoms with Crippen LogP contribution in [0.1, 0.15) is 18.4 Å². The van der Waals surface area contributed by atoms with Gasteiger partial charge in [0.2, 0.25) is 0 Å². The van der Waals surface area contributed by atoms with Gasteiger partial charge in [-0.2, -0.15) is 0 Å². The average Bonchev–Trinajstić information content (AvgIpc) is 2.55. The van der Waals surface area contributed by atoms with E-state index in [9.17, 15) is 10.1 Å². The molecule has 7 heteroatoms. The van der Waals surface area contributed by atoms with Crippen molar-refractivity contribution in [2.45, 2.75) is 12.8 Å². The zero-order valence-electron chi connectivity index (χ0n) is 12.5. The van der Waals surface area contributed by atoms with Gasteiger partial charge in [0.05, 0.1) is 15.6 Å². The standard InChI is InChI=1S/C16H16ClN3O2S/c1-11(12-5-3-2-4-6-12)10-18-16(23)19-15-9-13(20(21)22)7-8-14(15)17/h2-9,11H,10H2,1H3,(H2,18,19,23)/t11-/m0/s1. The van der Waals surface area contributed by atoms with E-state index in [2.05, 4.69) is 29.7 Å². The van der Waals surface area contributed by atoms with E-state index in [1.54, 1.807) is 0 Å². The second-order valence-electron chi connectivity index (χ2n) is 5.07. The third-order valence-corrected chi connectivity index (χ3v) is 3.92. The largest absolute Gasteiger partial charge is 0.362 e. The third-order valence-electron chi connectivity index (χ3n) is 3.35. The number of non-ortho nitro benzene ring substituents is 1. The van der Waals surface area contributed by atoms with Gasteiger partial charge in [-0.15, -0.1) is 0 Å². The number of thiocarbonyl (C=S) groups is 1. The van der Waals surface area contributed by atoms with Gasteiger partial charge in [0.25, 0.3) is 5.69 Å². The fourth-order valence-electron chi connectivity index (χ4n) is 2.03. The minimum Gasteiger partial charge on any atom is -0.362 e. The van der Waals surface area contributed by atoms with Gasteiger partial charge in [0.1, 0.15) is 0 Å². The second kappa shape index (κ2) is 7.89. The zero-order valence-corrected chi connectivity index (χ0v) is 14.0. The Balaban J connectivity index is 1.95. The molecule has 1 atom stereocenters. The van der Waals surface area contributed by atoms with Crippen molar-refractivity contribution in [1.82, 2.24) is 5.32 Å². The fourth-order valence-corrected chi connectivity index (χ4v) is 2.39. The van der Waals surface area contributed by atoms with Crippen molar-refractivity contribution < 1.29 is 4.92 Å². The number of nitro groups is 1. The molecule has 0 heterocycles. The molecule has 0 aliphatic carbocycles. The number of nitrogens with zero attached hydrogens (tertiary/aromatic N) is 1. The molecule has 0 saturated carbocycles. The first-order chi connectivity index (χ1) is 11.0. The molecule has 2 aromatic carbocycles. The van der Waals surface area contributed by atoms with Gasteiger partial charge in [0, 0.05) is 18.7 Å². The van der Waals surface area contributed by atoms with E-state index in [-0.39, 0.29) is 11.6 Å². The Bertz CT molecular complexity index is 710. The average molecular weight is 350 g/mol. The van der Waals surface area contributed by atoms with Crippen LogP contribution in [0.15, 0.2) is 48.5 Å². The summed E-state index contributed by atoms with van der Waals surface area (Å²) >= 11 is 11.3. The highest BCUT2D eigenvalue weighted by Gasteiger charge is 2.11. The number of hydrogen-bond donors (Lipinski definition) is 2. The molecule has 0 saturated heterocycles. The molecule has 2 aromatic rings. The SMILES string of the molecule is C[C@@H](CNC(=S)Nc1cc([N+](=O)[O-])ccc1Cl)c1ccccc1. The van der Waals surface area contributed by atoms with E-state index < -0.39 is 4.92 Å². The Morgan fingerprint density at radius 3 is 2.65 bits per heavy atom. The van der Waals surface area contributed by atoms with Crippen LogP contribution in [-0.4, -0.2) is 16.6 Å². The normalized spacial score (nSPS) is 11.6. The topological polar surface area (TPSA) is 67.2 Å². The maximum Gasteiger partial charge on any atom is 0.271 e. The molecule has 0 aliphatic heterocycles. The van der Waals surface area contributed by atoms with Gasteiger partial charge < -0.3 is 10.6 Å². The highest BCUT2D eigenvalue weighted by molar-refractivity contribution is 7.80. The summed E-state index contributed by atoms with van der Waals surface area (Å²) in [5, 5.41) is 17.5. The van der Waals surface area contributed by atoms with Gasteiger partial charge in [-0.25, -0.2) is 0 Å². The quantitative estimate of drug-likeness (QED) is 0.477. The van der Waals surface area contributed by atoms with E-state index in [1.165, 1.54) is 23.8 Å². The minimum atomic E-state index is -0.477. The van der Waals surface area contributed by atoms with Gasteiger partial charge in [0.15, 0.2) is 5.11 Å². The van der Waals surface area contributed by atoms with Crippen molar-refractivity contribution in [3.8, 4) is 0 Å². The lowest BCUT2D eigenvalue weighted by atomic mass is 10.0. The van der Waals surface area contributed by atoms with E-state index in [4.69, 9.17) is 23.8 Å². The number of hydrogen-bond acceptors (Lipinski definition) is 3. The molecule has 5 nitrogen and oxygen atoms in total. The third kappa shape index (κ3) is 4.91. The molecule has 0 unspecified atom stereocenters. The summed E-state index contributed by atoms with van der Waals surface area (Å²) in [6.45, 7) is 2.73. The first kappa shape index (κ1) is 17.2. The van der Waals surface area contributed by atoms with Crippen LogP contribution in [0.4, 0.5) is 11.4 Å². The number of nitrogens with one attached hydrogen (secondary N) is 2. The molecule has 2 rings (SSSR count). The smallest absolute Gasteiger partial charge is 0.271 e. The van der Waals surface area contributed by atoms with Crippen LogP contribution in [0.25, 0.3) is 0 Å². The molecule has 0 bridgehead atoms. The second-order valence-corrected chi connectivity index (χ2v) is 5.88. The van der Waals surface area contributed by atoms with E-state index in [1.807, 2.05) is 18.2 Å². The Labute approximate surface area is 144 Å². The van der Waals surface area contributed by atoms with Crippen molar-refractivity contribution in [1.29, 1.82) is 0 Å². The number of benzene rings is 2. The van der Waals surface area contributed by atoms with Crippen LogP contribution in [0.5, 0.6) is 0 Å². The molecular weight excluding hydrogens is 334 g/mol. The molecule has 0 radical (unpaired) electrons. The van der Waals surface area contributed by atoms with Crippen LogP contribution in [0.3, 0.4) is 0 Å². The minimum absolute atomic E-state index is 0.0441. The maximum atomic E-state index is 10.8. The lowest BCUT2D eigenvalue weighted by molar-refractivity contribution is -0.384. The van der Waals surface area contributed by atoms with Crippen molar-refractivity contribution in [2.75, 3.05) is 11.9 Å². The molecule has 0 aromatic heterocycles. The van der Waals surface area contributed by atoms with Crippen molar-refractivity contribution in [3.05, 3.63) is 69.2 Å². The number of halogens is 1. The van der Waals surface area contributed by atoms with E-state index >= 15 is 0 Å². The first-order valence-electron chi connectivity index (χ1n) is 7.01. The van der Waals surface area contributed by atoms with Crippen LogP contribution in [-0.2, 0) is 0 Å².